The Bertz CT molecular complexity index is 1230. The van der Waals surface area contributed by atoms with Gasteiger partial charge in [0.15, 0.2) is 5.65 Å². The number of aromatic amines is 1. The first kappa shape index (κ1) is 22.4. The van der Waals surface area contributed by atoms with Crippen LogP contribution >= 0.6 is 11.6 Å². The molecule has 2 fully saturated rings. The second-order valence-corrected chi connectivity index (χ2v) is 10.7. The molecule has 0 aliphatic carbocycles. The SMILES string of the molecule is CS(=O)(=O)N1CCC(Oc2nc3nc(-c4ccc(N5CCOCC5)cc4)c(Cl)cc3[nH]2)CC1. The van der Waals surface area contributed by atoms with Crippen molar-refractivity contribution < 1.29 is 17.9 Å². The van der Waals surface area contributed by atoms with Crippen LogP contribution in [0.4, 0.5) is 5.69 Å². The number of morpholine rings is 1. The number of nitrogens with one attached hydrogen (secondary N) is 1. The Hall–Kier alpha value is -2.40. The maximum Gasteiger partial charge on any atom is 0.296 e. The molecule has 2 aliphatic heterocycles. The van der Waals surface area contributed by atoms with Crippen molar-refractivity contribution in [3.8, 4) is 17.3 Å². The van der Waals surface area contributed by atoms with Crippen molar-refractivity contribution in [1.29, 1.82) is 0 Å². The summed E-state index contributed by atoms with van der Waals surface area (Å²) in [5.41, 5.74) is 3.94. The van der Waals surface area contributed by atoms with Gasteiger partial charge in [-0.25, -0.2) is 17.7 Å². The number of hydrogen-bond acceptors (Lipinski definition) is 7. The Balaban J connectivity index is 1.31. The highest BCUT2D eigenvalue weighted by Gasteiger charge is 2.26. The maximum absolute atomic E-state index is 11.7. The van der Waals surface area contributed by atoms with E-state index in [1.807, 2.05) is 12.1 Å². The summed E-state index contributed by atoms with van der Waals surface area (Å²) in [5.74, 6) is 0. The topological polar surface area (TPSA) is 101 Å². The number of aromatic nitrogens is 3. The van der Waals surface area contributed by atoms with Crippen molar-refractivity contribution in [2.45, 2.75) is 18.9 Å². The highest BCUT2D eigenvalue weighted by molar-refractivity contribution is 7.88. The fourth-order valence-electron chi connectivity index (χ4n) is 4.25. The molecule has 2 aromatic heterocycles. The van der Waals surface area contributed by atoms with E-state index in [4.69, 9.17) is 21.1 Å². The van der Waals surface area contributed by atoms with E-state index in [0.717, 1.165) is 37.6 Å². The molecule has 1 N–H and O–H groups in total. The molecule has 3 aromatic rings. The van der Waals surface area contributed by atoms with Crippen LogP contribution in [0.5, 0.6) is 6.01 Å². The predicted octanol–water partition coefficient (Wildman–Crippen LogP) is 2.92. The average molecular weight is 492 g/mol. The van der Waals surface area contributed by atoms with E-state index in [0.29, 0.717) is 53.8 Å². The number of sulfonamides is 1. The number of anilines is 1. The Morgan fingerprint density at radius 2 is 1.79 bits per heavy atom. The zero-order chi connectivity index (χ0) is 23.0. The van der Waals surface area contributed by atoms with Crippen molar-refractivity contribution in [1.82, 2.24) is 19.3 Å². The molecule has 4 heterocycles. The minimum Gasteiger partial charge on any atom is -0.461 e. The zero-order valence-electron chi connectivity index (χ0n) is 18.3. The molecule has 0 atom stereocenters. The minimum atomic E-state index is -3.17. The first-order valence-electron chi connectivity index (χ1n) is 11.0. The van der Waals surface area contributed by atoms with E-state index >= 15 is 0 Å². The summed E-state index contributed by atoms with van der Waals surface area (Å²) < 4.78 is 36.3. The lowest BCUT2D eigenvalue weighted by atomic mass is 10.1. The number of H-pyrrole nitrogens is 1. The van der Waals surface area contributed by atoms with Crippen LogP contribution in [-0.4, -0.2) is 79.4 Å². The van der Waals surface area contributed by atoms with Crippen LogP contribution in [0.3, 0.4) is 0 Å². The molecule has 11 heteroatoms. The van der Waals surface area contributed by atoms with Crippen LogP contribution in [0.1, 0.15) is 12.8 Å². The van der Waals surface area contributed by atoms with Gasteiger partial charge < -0.3 is 19.4 Å². The van der Waals surface area contributed by atoms with Crippen LogP contribution in [-0.2, 0) is 14.8 Å². The van der Waals surface area contributed by atoms with Gasteiger partial charge in [0.2, 0.25) is 10.0 Å². The highest BCUT2D eigenvalue weighted by atomic mass is 35.5. The van der Waals surface area contributed by atoms with Gasteiger partial charge >= 0.3 is 0 Å². The molecule has 5 rings (SSSR count). The molecule has 9 nitrogen and oxygen atoms in total. The van der Waals surface area contributed by atoms with Gasteiger partial charge in [0.1, 0.15) is 6.10 Å². The number of benzene rings is 1. The minimum absolute atomic E-state index is 0.105. The molecular formula is C22H26ClN5O4S. The largest absolute Gasteiger partial charge is 0.461 e. The Morgan fingerprint density at radius 3 is 2.45 bits per heavy atom. The molecule has 0 radical (unpaired) electrons. The van der Waals surface area contributed by atoms with E-state index < -0.39 is 10.0 Å². The van der Waals surface area contributed by atoms with Crippen molar-refractivity contribution in [2.75, 3.05) is 50.5 Å². The Morgan fingerprint density at radius 1 is 1.09 bits per heavy atom. The van der Waals surface area contributed by atoms with E-state index in [1.54, 1.807) is 6.07 Å². The molecule has 2 saturated heterocycles. The van der Waals surface area contributed by atoms with Gasteiger partial charge in [0.05, 0.1) is 35.7 Å². The molecular weight excluding hydrogens is 466 g/mol. The number of piperidine rings is 1. The van der Waals surface area contributed by atoms with Crippen molar-refractivity contribution in [2.24, 2.45) is 0 Å². The average Bonchev–Trinajstić information content (AvgIpc) is 3.20. The molecule has 0 bridgehead atoms. The normalized spacial score (nSPS) is 18.7. The van der Waals surface area contributed by atoms with E-state index in [-0.39, 0.29) is 6.10 Å². The fourth-order valence-corrected chi connectivity index (χ4v) is 5.38. The summed E-state index contributed by atoms with van der Waals surface area (Å²) >= 11 is 6.55. The third-order valence-electron chi connectivity index (χ3n) is 6.07. The first-order chi connectivity index (χ1) is 15.9. The second kappa shape index (κ2) is 9.09. The van der Waals surface area contributed by atoms with E-state index in [1.165, 1.54) is 10.6 Å². The molecule has 176 valence electrons. The Kier molecular flexibility index (Phi) is 6.17. The summed E-state index contributed by atoms with van der Waals surface area (Å²) in [6.07, 6.45) is 2.35. The number of ether oxygens (including phenoxy) is 2. The van der Waals surface area contributed by atoms with Crippen molar-refractivity contribution >= 4 is 38.5 Å². The predicted molar refractivity (Wildman–Crippen MR) is 127 cm³/mol. The van der Waals surface area contributed by atoms with Crippen LogP contribution in [0.2, 0.25) is 5.02 Å². The highest BCUT2D eigenvalue weighted by Crippen LogP contribution is 2.31. The fraction of sp³-hybridized carbons (Fsp3) is 0.455. The molecule has 1 aromatic carbocycles. The summed E-state index contributed by atoms with van der Waals surface area (Å²) in [6.45, 7) is 4.14. The van der Waals surface area contributed by atoms with Gasteiger partial charge in [-0.05, 0) is 31.0 Å². The standard InChI is InChI=1S/C22H26ClN5O4S/c1-33(29,30)28-8-6-17(7-9-28)32-22-24-19-14-18(23)20(25-21(19)26-22)15-2-4-16(5-3-15)27-10-12-31-13-11-27/h2-5,14,17H,6-13H2,1H3,(H,24,25,26). The van der Waals surface area contributed by atoms with Gasteiger partial charge in [0, 0.05) is 37.4 Å². The number of fused-ring (bicyclic) bond motifs is 1. The number of rotatable bonds is 5. The quantitative estimate of drug-likeness (QED) is 0.585. The van der Waals surface area contributed by atoms with Gasteiger partial charge in [-0.3, -0.25) is 0 Å². The number of hydrogen-bond donors (Lipinski definition) is 1. The summed E-state index contributed by atoms with van der Waals surface area (Å²) in [4.78, 5) is 14.6. The monoisotopic (exact) mass is 491 g/mol. The molecule has 0 saturated carbocycles. The zero-order valence-corrected chi connectivity index (χ0v) is 19.9. The number of halogens is 1. The number of imidazole rings is 1. The first-order valence-corrected chi connectivity index (χ1v) is 13.2. The van der Waals surface area contributed by atoms with Gasteiger partial charge in [-0.2, -0.15) is 4.98 Å². The smallest absolute Gasteiger partial charge is 0.296 e. The van der Waals surface area contributed by atoms with Gasteiger partial charge in [-0.15, -0.1) is 0 Å². The molecule has 0 spiro atoms. The molecule has 2 aliphatic rings. The van der Waals surface area contributed by atoms with Crippen LogP contribution in [0, 0.1) is 0 Å². The van der Waals surface area contributed by atoms with Crippen LogP contribution in [0.15, 0.2) is 30.3 Å². The molecule has 0 amide bonds. The molecule has 33 heavy (non-hydrogen) atoms. The van der Waals surface area contributed by atoms with E-state index in [2.05, 4.69) is 32.0 Å². The van der Waals surface area contributed by atoms with Gasteiger partial charge in [0.25, 0.3) is 6.01 Å². The van der Waals surface area contributed by atoms with Crippen molar-refractivity contribution in [3.05, 3.63) is 35.4 Å². The lowest BCUT2D eigenvalue weighted by Crippen LogP contribution is -2.41. The summed E-state index contributed by atoms with van der Waals surface area (Å²) in [5, 5.41) is 0.526. The number of pyridine rings is 1. The lowest BCUT2D eigenvalue weighted by Gasteiger charge is -2.29. The second-order valence-electron chi connectivity index (χ2n) is 8.36. The third kappa shape index (κ3) is 4.93. The summed E-state index contributed by atoms with van der Waals surface area (Å²) in [7, 11) is -3.17. The molecule has 0 unspecified atom stereocenters. The summed E-state index contributed by atoms with van der Waals surface area (Å²) in [6, 6.07) is 10.4. The van der Waals surface area contributed by atoms with E-state index in [9.17, 15) is 8.42 Å². The maximum atomic E-state index is 11.7. The van der Waals surface area contributed by atoms with Crippen molar-refractivity contribution in [3.63, 3.8) is 0 Å². The Labute approximate surface area is 197 Å². The third-order valence-corrected chi connectivity index (χ3v) is 7.66. The van der Waals surface area contributed by atoms with Gasteiger partial charge in [-0.1, -0.05) is 23.7 Å². The lowest BCUT2D eigenvalue weighted by molar-refractivity contribution is 0.122. The van der Waals surface area contributed by atoms with Crippen LogP contribution < -0.4 is 9.64 Å². The number of nitrogens with zero attached hydrogens (tertiary/aromatic N) is 4. The van der Waals surface area contributed by atoms with Crippen LogP contribution in [0.25, 0.3) is 22.4 Å².